The molecule has 2 amide bonds. The van der Waals surface area contributed by atoms with E-state index in [4.69, 9.17) is 0 Å². The Morgan fingerprint density at radius 2 is 2.00 bits per heavy atom. The maximum Gasteiger partial charge on any atom is 0.282 e. The largest absolute Gasteiger partial charge is 0.324 e. The number of benzene rings is 1. The first-order valence-electron chi connectivity index (χ1n) is 8.23. The maximum absolute atomic E-state index is 12.2. The van der Waals surface area contributed by atoms with Crippen LogP contribution in [-0.2, 0) is 11.3 Å². The van der Waals surface area contributed by atoms with Crippen molar-refractivity contribution in [1.82, 2.24) is 9.80 Å². The second-order valence-electron chi connectivity index (χ2n) is 6.12. The third-order valence-corrected chi connectivity index (χ3v) is 6.10. The first-order valence-corrected chi connectivity index (χ1v) is 10.4. The SMILES string of the molecule is Cc1ccc(CN2CCSCC2)cc1NC(=O)CN1CCSC1=O. The first kappa shape index (κ1) is 17.6. The minimum absolute atomic E-state index is 0.00130. The summed E-state index contributed by atoms with van der Waals surface area (Å²) in [5.74, 6) is 3.03. The van der Waals surface area contributed by atoms with Gasteiger partial charge in [-0.1, -0.05) is 23.9 Å². The van der Waals surface area contributed by atoms with Gasteiger partial charge in [0.2, 0.25) is 5.91 Å². The average molecular weight is 366 g/mol. The summed E-state index contributed by atoms with van der Waals surface area (Å²) < 4.78 is 0. The third kappa shape index (κ3) is 4.68. The summed E-state index contributed by atoms with van der Waals surface area (Å²) in [7, 11) is 0. The smallest absolute Gasteiger partial charge is 0.282 e. The van der Waals surface area contributed by atoms with E-state index < -0.39 is 0 Å². The molecule has 2 aliphatic rings. The molecule has 5 nitrogen and oxygen atoms in total. The standard InChI is InChI=1S/C17H23N3O2S2/c1-13-2-3-14(11-19-4-7-23-8-5-19)10-15(13)18-16(21)12-20-6-9-24-17(20)22/h2-3,10H,4-9,11-12H2,1H3,(H,18,21). The van der Waals surface area contributed by atoms with Gasteiger partial charge in [0.15, 0.2) is 0 Å². The minimum Gasteiger partial charge on any atom is -0.324 e. The van der Waals surface area contributed by atoms with Crippen LogP contribution in [-0.4, -0.2) is 64.4 Å². The number of anilines is 1. The third-order valence-electron chi connectivity index (χ3n) is 4.27. The van der Waals surface area contributed by atoms with E-state index in [1.807, 2.05) is 18.7 Å². The fourth-order valence-electron chi connectivity index (χ4n) is 2.85. The number of rotatable bonds is 5. The molecule has 130 valence electrons. The van der Waals surface area contributed by atoms with Crippen LogP contribution in [0.2, 0.25) is 0 Å². The van der Waals surface area contributed by atoms with Crippen molar-refractivity contribution in [2.45, 2.75) is 13.5 Å². The van der Waals surface area contributed by atoms with Gasteiger partial charge in [0.1, 0.15) is 6.54 Å². The number of nitrogens with zero attached hydrogens (tertiary/aromatic N) is 2. The highest BCUT2D eigenvalue weighted by Crippen LogP contribution is 2.21. The molecule has 2 heterocycles. The number of aryl methyl sites for hydroxylation is 1. The van der Waals surface area contributed by atoms with E-state index in [1.165, 1.54) is 28.8 Å². The highest BCUT2D eigenvalue weighted by molar-refractivity contribution is 8.13. The summed E-state index contributed by atoms with van der Waals surface area (Å²) in [5, 5.41) is 2.97. The number of carbonyl (C=O) groups is 2. The highest BCUT2D eigenvalue weighted by atomic mass is 32.2. The average Bonchev–Trinajstić information content (AvgIpc) is 2.96. The summed E-state index contributed by atoms with van der Waals surface area (Å²) in [6.07, 6.45) is 0. The number of amides is 2. The lowest BCUT2D eigenvalue weighted by atomic mass is 10.1. The topological polar surface area (TPSA) is 52.7 Å². The molecule has 0 atom stereocenters. The van der Waals surface area contributed by atoms with Gasteiger partial charge in [-0.2, -0.15) is 11.8 Å². The molecular formula is C17H23N3O2S2. The van der Waals surface area contributed by atoms with Crippen LogP contribution in [0.3, 0.4) is 0 Å². The fourth-order valence-corrected chi connectivity index (χ4v) is 4.66. The van der Waals surface area contributed by atoms with E-state index >= 15 is 0 Å². The van der Waals surface area contributed by atoms with Crippen LogP contribution in [0.15, 0.2) is 18.2 Å². The van der Waals surface area contributed by atoms with Gasteiger partial charge in [-0.25, -0.2) is 0 Å². The Hall–Kier alpha value is -1.18. The van der Waals surface area contributed by atoms with Crippen LogP contribution < -0.4 is 5.32 Å². The van der Waals surface area contributed by atoms with Gasteiger partial charge >= 0.3 is 0 Å². The van der Waals surface area contributed by atoms with Gasteiger partial charge in [-0.15, -0.1) is 0 Å². The molecule has 0 bridgehead atoms. The molecule has 2 fully saturated rings. The van der Waals surface area contributed by atoms with Gasteiger partial charge in [-0.3, -0.25) is 14.5 Å². The van der Waals surface area contributed by atoms with Crippen molar-refractivity contribution in [3.8, 4) is 0 Å². The summed E-state index contributed by atoms with van der Waals surface area (Å²) >= 11 is 3.28. The molecule has 0 aliphatic carbocycles. The predicted octanol–water partition coefficient (Wildman–Crippen LogP) is 2.65. The molecular weight excluding hydrogens is 342 g/mol. The lowest BCUT2D eigenvalue weighted by Crippen LogP contribution is -2.33. The monoisotopic (exact) mass is 365 g/mol. The molecule has 24 heavy (non-hydrogen) atoms. The van der Waals surface area contributed by atoms with Crippen LogP contribution in [0.5, 0.6) is 0 Å². The Morgan fingerprint density at radius 1 is 1.21 bits per heavy atom. The lowest BCUT2D eigenvalue weighted by Gasteiger charge is -2.26. The zero-order valence-corrected chi connectivity index (χ0v) is 15.5. The molecule has 1 N–H and O–H groups in total. The zero-order valence-electron chi connectivity index (χ0n) is 13.9. The fraction of sp³-hybridized carbons (Fsp3) is 0.529. The van der Waals surface area contributed by atoms with Gasteiger partial charge in [0.25, 0.3) is 5.24 Å². The normalized spacial score (nSPS) is 18.9. The number of carbonyl (C=O) groups excluding carboxylic acids is 2. The summed E-state index contributed by atoms with van der Waals surface area (Å²) in [4.78, 5) is 27.9. The van der Waals surface area contributed by atoms with E-state index in [-0.39, 0.29) is 17.7 Å². The molecule has 0 aromatic heterocycles. The molecule has 2 saturated heterocycles. The molecule has 0 saturated carbocycles. The van der Waals surface area contributed by atoms with Gasteiger partial charge < -0.3 is 10.2 Å². The number of thioether (sulfide) groups is 2. The Bertz CT molecular complexity index is 618. The van der Waals surface area contributed by atoms with Crippen molar-refractivity contribution in [2.24, 2.45) is 0 Å². The molecule has 7 heteroatoms. The molecule has 0 unspecified atom stereocenters. The molecule has 0 spiro atoms. The van der Waals surface area contributed by atoms with E-state index in [2.05, 4.69) is 28.4 Å². The summed E-state index contributed by atoms with van der Waals surface area (Å²) in [6, 6.07) is 6.25. The van der Waals surface area contributed by atoms with Crippen molar-refractivity contribution >= 4 is 40.4 Å². The Balaban J connectivity index is 1.60. The van der Waals surface area contributed by atoms with Crippen LogP contribution in [0, 0.1) is 6.92 Å². The zero-order chi connectivity index (χ0) is 16.9. The molecule has 0 radical (unpaired) electrons. The molecule has 3 rings (SSSR count). The number of hydrogen-bond donors (Lipinski definition) is 1. The predicted molar refractivity (Wildman–Crippen MR) is 102 cm³/mol. The van der Waals surface area contributed by atoms with Crippen LogP contribution in [0.1, 0.15) is 11.1 Å². The quantitative estimate of drug-likeness (QED) is 0.869. The van der Waals surface area contributed by atoms with E-state index in [0.717, 1.165) is 36.6 Å². The van der Waals surface area contributed by atoms with Crippen molar-refractivity contribution in [1.29, 1.82) is 0 Å². The Morgan fingerprint density at radius 3 is 2.71 bits per heavy atom. The van der Waals surface area contributed by atoms with Crippen molar-refractivity contribution < 1.29 is 9.59 Å². The Labute approximate surface area is 151 Å². The van der Waals surface area contributed by atoms with Crippen molar-refractivity contribution in [2.75, 3.05) is 48.8 Å². The van der Waals surface area contributed by atoms with E-state index in [1.54, 1.807) is 4.90 Å². The summed E-state index contributed by atoms with van der Waals surface area (Å²) in [5.41, 5.74) is 3.11. The van der Waals surface area contributed by atoms with E-state index in [0.29, 0.717) is 6.54 Å². The lowest BCUT2D eigenvalue weighted by molar-refractivity contribution is -0.116. The maximum atomic E-state index is 12.2. The van der Waals surface area contributed by atoms with Gasteiger partial charge in [-0.05, 0) is 24.1 Å². The summed E-state index contributed by atoms with van der Waals surface area (Å²) in [6.45, 7) is 5.95. The first-order chi connectivity index (χ1) is 11.6. The van der Waals surface area contributed by atoms with Gasteiger partial charge in [0, 0.05) is 49.1 Å². The van der Waals surface area contributed by atoms with Crippen LogP contribution in [0.25, 0.3) is 0 Å². The van der Waals surface area contributed by atoms with Crippen LogP contribution >= 0.6 is 23.5 Å². The molecule has 1 aromatic rings. The minimum atomic E-state index is -0.125. The molecule has 1 aromatic carbocycles. The Kier molecular flexibility index (Phi) is 6.08. The van der Waals surface area contributed by atoms with Gasteiger partial charge in [0.05, 0.1) is 0 Å². The van der Waals surface area contributed by atoms with Crippen LogP contribution in [0.4, 0.5) is 10.5 Å². The number of hydrogen-bond acceptors (Lipinski definition) is 5. The number of nitrogens with one attached hydrogen (secondary N) is 1. The second-order valence-corrected chi connectivity index (χ2v) is 8.39. The van der Waals surface area contributed by atoms with E-state index in [9.17, 15) is 9.59 Å². The van der Waals surface area contributed by atoms with Crippen molar-refractivity contribution in [3.05, 3.63) is 29.3 Å². The van der Waals surface area contributed by atoms with Crippen molar-refractivity contribution in [3.63, 3.8) is 0 Å². The molecule has 2 aliphatic heterocycles. The second kappa shape index (κ2) is 8.27. The highest BCUT2D eigenvalue weighted by Gasteiger charge is 2.23.